The second-order valence-corrected chi connectivity index (χ2v) is 7.76. The summed E-state index contributed by atoms with van der Waals surface area (Å²) in [5.74, 6) is -1.68. The van der Waals surface area contributed by atoms with Crippen molar-refractivity contribution < 1.29 is 28.2 Å². The van der Waals surface area contributed by atoms with Gasteiger partial charge >= 0.3 is 11.9 Å². The molecule has 0 spiro atoms. The molecule has 0 heterocycles. The standard InChI is InChI=1S/C16H24NO6P/c1-17-13-6-8-14(9-7-13)24(20,23-4)11-12(16(19)22-3)5-10-15(18)21-2/h6-9,12,17H,5,10-11H2,1-4H3. The SMILES string of the molecule is CNc1ccc(P(=O)(CC(CCC(=O)OC)C(=O)OC)OC)cc1. The van der Waals surface area contributed by atoms with Crippen molar-refractivity contribution in [1.82, 2.24) is 0 Å². The van der Waals surface area contributed by atoms with Gasteiger partial charge in [0.15, 0.2) is 0 Å². The van der Waals surface area contributed by atoms with Gasteiger partial charge in [-0.05, 0) is 30.7 Å². The third-order valence-electron chi connectivity index (χ3n) is 3.76. The average Bonchev–Trinajstić information content (AvgIpc) is 2.63. The van der Waals surface area contributed by atoms with E-state index in [1.54, 1.807) is 31.3 Å². The summed E-state index contributed by atoms with van der Waals surface area (Å²) in [4.78, 5) is 23.3. The Morgan fingerprint density at radius 2 is 1.75 bits per heavy atom. The highest BCUT2D eigenvalue weighted by Crippen LogP contribution is 2.47. The van der Waals surface area contributed by atoms with Gasteiger partial charge in [0.05, 0.1) is 20.1 Å². The molecular formula is C16H24NO6P. The molecule has 8 heteroatoms. The number of benzene rings is 1. The van der Waals surface area contributed by atoms with Crippen LogP contribution in [0.2, 0.25) is 0 Å². The van der Waals surface area contributed by atoms with E-state index in [1.165, 1.54) is 21.3 Å². The molecule has 134 valence electrons. The Hall–Kier alpha value is -1.85. The predicted octanol–water partition coefficient (Wildman–Crippen LogP) is 2.02. The zero-order chi connectivity index (χ0) is 18.2. The number of carbonyl (C=O) groups excluding carboxylic acids is 2. The van der Waals surface area contributed by atoms with Crippen LogP contribution in [0.1, 0.15) is 12.8 Å². The summed E-state index contributed by atoms with van der Waals surface area (Å²) < 4.78 is 27.8. The number of anilines is 1. The van der Waals surface area contributed by atoms with Gasteiger partial charge in [0.25, 0.3) is 0 Å². The minimum atomic E-state index is -3.26. The van der Waals surface area contributed by atoms with Gasteiger partial charge in [-0.1, -0.05) is 0 Å². The summed E-state index contributed by atoms with van der Waals surface area (Å²) in [6.07, 6.45) is 0.187. The summed E-state index contributed by atoms with van der Waals surface area (Å²) >= 11 is 0. The Morgan fingerprint density at radius 3 is 2.21 bits per heavy atom. The molecule has 0 radical (unpaired) electrons. The molecule has 0 aliphatic carbocycles. The van der Waals surface area contributed by atoms with Crippen LogP contribution < -0.4 is 10.6 Å². The Balaban J connectivity index is 2.98. The molecule has 2 unspecified atom stereocenters. The van der Waals surface area contributed by atoms with Gasteiger partial charge < -0.3 is 19.3 Å². The lowest BCUT2D eigenvalue weighted by molar-refractivity contribution is -0.146. The minimum Gasteiger partial charge on any atom is -0.469 e. The van der Waals surface area contributed by atoms with Gasteiger partial charge in [-0.15, -0.1) is 0 Å². The lowest BCUT2D eigenvalue weighted by Crippen LogP contribution is -2.24. The number of nitrogens with one attached hydrogen (secondary N) is 1. The first kappa shape index (κ1) is 20.2. The van der Waals surface area contributed by atoms with E-state index in [9.17, 15) is 14.2 Å². The summed E-state index contributed by atoms with van der Waals surface area (Å²) in [5, 5.41) is 3.49. The number of esters is 2. The number of hydrogen-bond donors (Lipinski definition) is 1. The number of carbonyl (C=O) groups is 2. The van der Waals surface area contributed by atoms with E-state index in [0.29, 0.717) is 5.30 Å². The van der Waals surface area contributed by atoms with Gasteiger partial charge in [-0.2, -0.15) is 0 Å². The lowest BCUT2D eigenvalue weighted by Gasteiger charge is -2.22. The van der Waals surface area contributed by atoms with Crippen LogP contribution in [0.15, 0.2) is 24.3 Å². The van der Waals surface area contributed by atoms with Crippen LogP contribution in [0.3, 0.4) is 0 Å². The highest BCUT2D eigenvalue weighted by Gasteiger charge is 2.33. The lowest BCUT2D eigenvalue weighted by atomic mass is 10.1. The molecule has 0 aromatic heterocycles. The Morgan fingerprint density at radius 1 is 1.12 bits per heavy atom. The third-order valence-corrected chi connectivity index (χ3v) is 6.36. The molecule has 2 atom stereocenters. The first-order chi connectivity index (χ1) is 11.4. The monoisotopic (exact) mass is 357 g/mol. The Kier molecular flexibility index (Phi) is 7.95. The molecule has 1 N–H and O–H groups in total. The molecule has 0 saturated heterocycles. The molecule has 0 bridgehead atoms. The van der Waals surface area contributed by atoms with Gasteiger partial charge in [0.1, 0.15) is 0 Å². The van der Waals surface area contributed by atoms with Crippen molar-refractivity contribution in [1.29, 1.82) is 0 Å². The topological polar surface area (TPSA) is 90.9 Å². The van der Waals surface area contributed by atoms with Gasteiger partial charge in [-0.3, -0.25) is 14.2 Å². The zero-order valence-electron chi connectivity index (χ0n) is 14.4. The Labute approximate surface area is 142 Å². The fraction of sp³-hybridized carbons (Fsp3) is 0.500. The van der Waals surface area contributed by atoms with E-state index in [4.69, 9.17) is 9.26 Å². The molecule has 0 aliphatic heterocycles. The summed E-state index contributed by atoms with van der Waals surface area (Å²) in [7, 11) is 2.41. The van der Waals surface area contributed by atoms with Crippen LogP contribution >= 0.6 is 7.37 Å². The van der Waals surface area contributed by atoms with Crippen molar-refractivity contribution in [2.75, 3.05) is 39.9 Å². The average molecular weight is 357 g/mol. The van der Waals surface area contributed by atoms with Crippen LogP contribution in [0.5, 0.6) is 0 Å². The molecule has 0 amide bonds. The quantitative estimate of drug-likeness (QED) is 0.534. The highest BCUT2D eigenvalue weighted by molar-refractivity contribution is 7.67. The van der Waals surface area contributed by atoms with E-state index in [-0.39, 0.29) is 19.0 Å². The largest absolute Gasteiger partial charge is 0.469 e. The first-order valence-electron chi connectivity index (χ1n) is 7.48. The van der Waals surface area contributed by atoms with E-state index < -0.39 is 25.2 Å². The number of rotatable bonds is 9. The number of methoxy groups -OCH3 is 2. The molecule has 1 aromatic carbocycles. The molecule has 24 heavy (non-hydrogen) atoms. The van der Waals surface area contributed by atoms with E-state index in [2.05, 4.69) is 10.1 Å². The van der Waals surface area contributed by atoms with Crippen LogP contribution in [0.25, 0.3) is 0 Å². The highest BCUT2D eigenvalue weighted by atomic mass is 31.2. The molecule has 1 rings (SSSR count). The molecule has 1 aromatic rings. The van der Waals surface area contributed by atoms with Crippen molar-refractivity contribution >= 4 is 30.3 Å². The maximum Gasteiger partial charge on any atom is 0.309 e. The molecule has 7 nitrogen and oxygen atoms in total. The summed E-state index contributed by atoms with van der Waals surface area (Å²) in [6.45, 7) is 0. The van der Waals surface area contributed by atoms with Crippen molar-refractivity contribution in [3.05, 3.63) is 24.3 Å². The van der Waals surface area contributed by atoms with Crippen LogP contribution in [0.4, 0.5) is 5.69 Å². The normalized spacial score (nSPS) is 14.3. The van der Waals surface area contributed by atoms with Crippen molar-refractivity contribution in [2.45, 2.75) is 12.8 Å². The minimum absolute atomic E-state index is 0.0356. The molecule has 0 aliphatic rings. The fourth-order valence-corrected chi connectivity index (χ4v) is 4.36. The smallest absolute Gasteiger partial charge is 0.309 e. The van der Waals surface area contributed by atoms with Crippen molar-refractivity contribution in [2.24, 2.45) is 5.92 Å². The van der Waals surface area contributed by atoms with Crippen molar-refractivity contribution in [3.8, 4) is 0 Å². The summed E-state index contributed by atoms with van der Waals surface area (Å²) in [6, 6.07) is 6.96. The number of ether oxygens (including phenoxy) is 2. The summed E-state index contributed by atoms with van der Waals surface area (Å²) in [5.41, 5.74) is 0.872. The van der Waals surface area contributed by atoms with Gasteiger partial charge in [0, 0.05) is 37.7 Å². The fourth-order valence-electron chi connectivity index (χ4n) is 2.28. The molecule has 0 fully saturated rings. The molecular weight excluding hydrogens is 333 g/mol. The second-order valence-electron chi connectivity index (χ2n) is 5.17. The van der Waals surface area contributed by atoms with E-state index in [1.807, 2.05) is 0 Å². The first-order valence-corrected chi connectivity index (χ1v) is 9.29. The molecule has 0 saturated carbocycles. The zero-order valence-corrected chi connectivity index (χ0v) is 15.3. The maximum atomic E-state index is 13.2. The van der Waals surface area contributed by atoms with Crippen molar-refractivity contribution in [3.63, 3.8) is 0 Å². The Bertz CT molecular complexity index is 601. The van der Waals surface area contributed by atoms with Gasteiger partial charge in [-0.25, -0.2) is 0 Å². The third kappa shape index (κ3) is 5.35. The van der Waals surface area contributed by atoms with E-state index in [0.717, 1.165) is 5.69 Å². The van der Waals surface area contributed by atoms with Crippen LogP contribution in [-0.4, -0.2) is 46.5 Å². The van der Waals surface area contributed by atoms with Crippen LogP contribution in [-0.2, 0) is 28.2 Å². The predicted molar refractivity (Wildman–Crippen MR) is 91.9 cm³/mol. The number of hydrogen-bond acceptors (Lipinski definition) is 7. The maximum absolute atomic E-state index is 13.2. The van der Waals surface area contributed by atoms with Crippen LogP contribution in [0, 0.1) is 5.92 Å². The second kappa shape index (κ2) is 9.45. The van der Waals surface area contributed by atoms with E-state index >= 15 is 0 Å². The van der Waals surface area contributed by atoms with Gasteiger partial charge in [0.2, 0.25) is 7.37 Å².